The van der Waals surface area contributed by atoms with Gasteiger partial charge in [-0.15, -0.1) is 0 Å². The molecule has 182 valence electrons. The van der Waals surface area contributed by atoms with Crippen LogP contribution in [0.1, 0.15) is 16.4 Å². The summed E-state index contributed by atoms with van der Waals surface area (Å²) in [6, 6.07) is 17.2. The molecule has 1 heteroatoms. The van der Waals surface area contributed by atoms with Gasteiger partial charge in [0.15, 0.2) is 0 Å². The van der Waals surface area contributed by atoms with Crippen LogP contribution < -0.4 is 0 Å². The van der Waals surface area contributed by atoms with E-state index in [-0.39, 0.29) is 57.2 Å². The maximum Gasteiger partial charge on any atom is 0.143 e. The lowest BCUT2D eigenvalue weighted by atomic mass is 9.85. The second-order valence-corrected chi connectivity index (χ2v) is 9.18. The Morgan fingerprint density at radius 2 is 1.05 bits per heavy atom. The lowest BCUT2D eigenvalue weighted by Crippen LogP contribution is -1.91. The molecule has 8 aromatic rings. The van der Waals surface area contributed by atoms with Crippen LogP contribution in [0, 0.1) is 0 Å². The Bertz CT molecular complexity index is 2750. The molecule has 0 aliphatic rings. The third-order valence-corrected chi connectivity index (χ3v) is 7.06. The van der Waals surface area contributed by atoms with Gasteiger partial charge in [0.05, 0.1) is 16.4 Å². The average molecular weight is 509 g/mol. The molecular weight excluding hydrogens is 472 g/mol. The van der Waals surface area contributed by atoms with Crippen molar-refractivity contribution < 1.29 is 20.9 Å². The SMILES string of the molecule is [2H]c1c([2H])c([2H])c(-c2cccc(-c3c4ccccc4c(-c4c([2H])c([2H])c([2H])c5c4oc4c([2H])c([2H])c([2H])c([2H])c45)c4ccccc34)c2)c([2H])c1[2H]. The Morgan fingerprint density at radius 3 is 1.79 bits per heavy atom. The summed E-state index contributed by atoms with van der Waals surface area (Å²) in [5.74, 6) is 0. The lowest BCUT2D eigenvalue weighted by molar-refractivity contribution is 0.670. The van der Waals surface area contributed by atoms with Crippen LogP contribution in [0.4, 0.5) is 0 Å². The molecule has 1 nitrogen and oxygen atoms in total. The van der Waals surface area contributed by atoms with Gasteiger partial charge in [-0.2, -0.15) is 0 Å². The summed E-state index contributed by atoms with van der Waals surface area (Å²) in [5.41, 5.74) is 2.52. The zero-order valence-electron chi connectivity index (χ0n) is 32.3. The van der Waals surface area contributed by atoms with Crippen LogP contribution in [0.2, 0.25) is 0 Å². The zero-order chi connectivity index (χ0) is 36.2. The zero-order valence-corrected chi connectivity index (χ0v) is 20.3. The first-order valence-electron chi connectivity index (χ1n) is 18.4. The molecule has 0 N–H and O–H groups in total. The molecule has 0 aliphatic carbocycles. The van der Waals surface area contributed by atoms with Crippen molar-refractivity contribution in [1.82, 2.24) is 0 Å². The van der Waals surface area contributed by atoms with Gasteiger partial charge in [0.2, 0.25) is 0 Å². The molecular formula is C38H24O. The number of furan rings is 1. The first-order valence-corrected chi connectivity index (χ1v) is 12.4. The molecule has 0 radical (unpaired) electrons. The predicted octanol–water partition coefficient (Wildman–Crippen LogP) is 10.9. The van der Waals surface area contributed by atoms with Gasteiger partial charge in [-0.3, -0.25) is 0 Å². The van der Waals surface area contributed by atoms with E-state index < -0.39 is 48.3 Å². The van der Waals surface area contributed by atoms with E-state index >= 15 is 0 Å². The van der Waals surface area contributed by atoms with E-state index in [1.54, 1.807) is 18.2 Å². The molecule has 0 unspecified atom stereocenters. The largest absolute Gasteiger partial charge is 0.455 e. The van der Waals surface area contributed by atoms with Crippen molar-refractivity contribution in [1.29, 1.82) is 0 Å². The Balaban J connectivity index is 1.51. The van der Waals surface area contributed by atoms with Crippen LogP contribution in [0.5, 0.6) is 0 Å². The number of fused-ring (bicyclic) bond motifs is 5. The number of para-hydroxylation sites is 2. The number of benzene rings is 7. The summed E-state index contributed by atoms with van der Waals surface area (Å²) in [5, 5.41) is 2.79. The fraction of sp³-hybridized carbons (Fsp3) is 0. The fourth-order valence-corrected chi connectivity index (χ4v) is 5.44. The third kappa shape index (κ3) is 3.41. The van der Waals surface area contributed by atoms with E-state index in [9.17, 15) is 1.37 Å². The Hall–Kier alpha value is -5.14. The van der Waals surface area contributed by atoms with E-state index in [2.05, 4.69) is 0 Å². The summed E-state index contributed by atoms with van der Waals surface area (Å²) < 4.78 is 108. The molecule has 0 spiro atoms. The maximum atomic E-state index is 9.19. The molecule has 0 aliphatic heterocycles. The molecule has 0 saturated carbocycles. The van der Waals surface area contributed by atoms with Gasteiger partial charge in [0.25, 0.3) is 0 Å². The molecule has 1 aromatic heterocycles. The standard InChI is InChI=1S/C38H24O/c1-2-12-25(13-3-1)26-14-10-15-27(24-26)36-29-17-4-6-19-31(29)37(32-20-7-5-18-30(32)36)34-22-11-21-33-28-16-8-9-23-35(28)39-38(33)34/h1-24H/i1D,2D,3D,8D,9D,11D,12D,13D,16D,21D,22D,23D. The minimum Gasteiger partial charge on any atom is -0.455 e. The summed E-state index contributed by atoms with van der Waals surface area (Å²) in [6.07, 6.45) is 0. The van der Waals surface area contributed by atoms with Crippen LogP contribution in [0.3, 0.4) is 0 Å². The highest BCUT2D eigenvalue weighted by molar-refractivity contribution is 6.24. The topological polar surface area (TPSA) is 13.1 Å². The highest BCUT2D eigenvalue weighted by Crippen LogP contribution is 2.46. The van der Waals surface area contributed by atoms with Gasteiger partial charge in [-0.1, -0.05) is 133 Å². The highest BCUT2D eigenvalue weighted by Gasteiger charge is 2.20. The molecule has 1 heterocycles. The molecule has 0 bridgehead atoms. The molecule has 8 rings (SSSR count). The van der Waals surface area contributed by atoms with Crippen molar-refractivity contribution in [2.75, 3.05) is 0 Å². The van der Waals surface area contributed by atoms with Crippen molar-refractivity contribution in [2.45, 2.75) is 0 Å². The van der Waals surface area contributed by atoms with E-state index in [0.29, 0.717) is 27.5 Å². The van der Waals surface area contributed by atoms with Crippen LogP contribution in [-0.4, -0.2) is 0 Å². The van der Waals surface area contributed by atoms with Crippen LogP contribution >= 0.6 is 0 Å². The third-order valence-electron chi connectivity index (χ3n) is 7.06. The maximum absolute atomic E-state index is 9.19. The first-order chi connectivity index (χ1) is 24.3. The lowest BCUT2D eigenvalue weighted by Gasteiger charge is -2.18. The van der Waals surface area contributed by atoms with Gasteiger partial charge in [-0.05, 0) is 55.9 Å². The summed E-state index contributed by atoms with van der Waals surface area (Å²) in [4.78, 5) is 0. The van der Waals surface area contributed by atoms with Crippen molar-refractivity contribution >= 4 is 43.5 Å². The number of hydrogen-bond acceptors (Lipinski definition) is 1. The molecule has 0 atom stereocenters. The van der Waals surface area contributed by atoms with Gasteiger partial charge in [0, 0.05) is 21.9 Å². The normalized spacial score (nSPS) is 15.9. The second kappa shape index (κ2) is 8.72. The second-order valence-electron chi connectivity index (χ2n) is 9.18. The Morgan fingerprint density at radius 1 is 0.436 bits per heavy atom. The van der Waals surface area contributed by atoms with E-state index in [1.165, 1.54) is 0 Å². The summed E-state index contributed by atoms with van der Waals surface area (Å²) in [6.45, 7) is 0. The molecule has 0 amide bonds. The molecule has 0 fully saturated rings. The molecule has 0 saturated heterocycles. The monoisotopic (exact) mass is 508 g/mol. The minimum atomic E-state index is -0.497. The van der Waals surface area contributed by atoms with Gasteiger partial charge >= 0.3 is 0 Å². The average Bonchev–Trinajstić information content (AvgIpc) is 3.54. The van der Waals surface area contributed by atoms with Crippen molar-refractivity contribution in [3.05, 3.63) is 145 Å². The van der Waals surface area contributed by atoms with Crippen LogP contribution in [0.15, 0.2) is 150 Å². The quantitative estimate of drug-likeness (QED) is 0.216. The highest BCUT2D eigenvalue weighted by atomic mass is 16.3. The van der Waals surface area contributed by atoms with Crippen LogP contribution in [-0.2, 0) is 0 Å². The summed E-state index contributed by atoms with van der Waals surface area (Å²) >= 11 is 0. The first kappa shape index (κ1) is 13.1. The van der Waals surface area contributed by atoms with Gasteiger partial charge < -0.3 is 4.42 Å². The molecule has 39 heavy (non-hydrogen) atoms. The van der Waals surface area contributed by atoms with Crippen molar-refractivity contribution in [3.8, 4) is 33.4 Å². The van der Waals surface area contributed by atoms with E-state index in [0.717, 1.165) is 16.3 Å². The minimum absolute atomic E-state index is 0.00856. The number of hydrogen-bond donors (Lipinski definition) is 0. The van der Waals surface area contributed by atoms with Gasteiger partial charge in [-0.25, -0.2) is 0 Å². The van der Waals surface area contributed by atoms with Crippen molar-refractivity contribution in [2.24, 2.45) is 0 Å². The van der Waals surface area contributed by atoms with E-state index in [4.69, 9.17) is 19.5 Å². The summed E-state index contributed by atoms with van der Waals surface area (Å²) in [7, 11) is 0. The number of rotatable bonds is 3. The van der Waals surface area contributed by atoms with Gasteiger partial charge in [0.1, 0.15) is 11.2 Å². The van der Waals surface area contributed by atoms with Crippen LogP contribution in [0.25, 0.3) is 76.9 Å². The predicted molar refractivity (Wildman–Crippen MR) is 165 cm³/mol. The molecule has 7 aromatic carbocycles. The fourth-order valence-electron chi connectivity index (χ4n) is 5.44. The smallest absolute Gasteiger partial charge is 0.143 e. The Labute approximate surface area is 243 Å². The van der Waals surface area contributed by atoms with E-state index in [1.807, 2.05) is 54.6 Å². The Kier molecular flexibility index (Phi) is 2.92. The van der Waals surface area contributed by atoms with Crippen molar-refractivity contribution in [3.63, 3.8) is 0 Å².